The molecule has 1 aliphatic rings. The number of aromatic hydroxyl groups is 1. The molecule has 0 unspecified atom stereocenters. The van der Waals surface area contributed by atoms with E-state index < -0.39 is 12.1 Å². The monoisotopic (exact) mass is 305 g/mol. The van der Waals surface area contributed by atoms with Crippen LogP contribution in [0.3, 0.4) is 0 Å². The van der Waals surface area contributed by atoms with Crippen molar-refractivity contribution in [2.24, 2.45) is 0 Å². The third-order valence-electron chi connectivity index (χ3n) is 3.98. The van der Waals surface area contributed by atoms with E-state index in [1.165, 1.54) is 18.6 Å². The summed E-state index contributed by atoms with van der Waals surface area (Å²) in [5.74, 6) is -1.11. The molecule has 0 bridgehead atoms. The quantitative estimate of drug-likeness (QED) is 0.839. The van der Waals surface area contributed by atoms with Gasteiger partial charge in [0.15, 0.2) is 6.10 Å². The second-order valence-electron chi connectivity index (χ2n) is 5.91. The van der Waals surface area contributed by atoms with Gasteiger partial charge < -0.3 is 15.2 Å². The number of nitrogens with one attached hydrogen (secondary N) is 1. The van der Waals surface area contributed by atoms with Gasteiger partial charge in [-0.1, -0.05) is 25.3 Å². The summed E-state index contributed by atoms with van der Waals surface area (Å²) in [6.07, 6.45) is 4.53. The van der Waals surface area contributed by atoms with Crippen LogP contribution >= 0.6 is 0 Å². The van der Waals surface area contributed by atoms with Gasteiger partial charge in [-0.05, 0) is 44.4 Å². The topological polar surface area (TPSA) is 75.6 Å². The van der Waals surface area contributed by atoms with Gasteiger partial charge in [-0.25, -0.2) is 4.79 Å². The van der Waals surface area contributed by atoms with Crippen LogP contribution in [0, 0.1) is 6.92 Å². The Bertz CT molecular complexity index is 550. The minimum atomic E-state index is -0.880. The maximum Gasteiger partial charge on any atom is 0.342 e. The molecule has 2 rings (SSSR count). The Hall–Kier alpha value is -2.04. The van der Waals surface area contributed by atoms with E-state index in [2.05, 4.69) is 5.32 Å². The fourth-order valence-corrected chi connectivity index (χ4v) is 2.66. The molecule has 0 radical (unpaired) electrons. The molecule has 1 aromatic rings. The Balaban J connectivity index is 1.91. The summed E-state index contributed by atoms with van der Waals surface area (Å²) in [4.78, 5) is 24.1. The van der Waals surface area contributed by atoms with E-state index in [0.717, 1.165) is 31.2 Å². The van der Waals surface area contributed by atoms with Crippen molar-refractivity contribution in [3.05, 3.63) is 29.3 Å². The fraction of sp³-hybridized carbons (Fsp3) is 0.529. The van der Waals surface area contributed by atoms with E-state index in [0.29, 0.717) is 0 Å². The van der Waals surface area contributed by atoms with Gasteiger partial charge >= 0.3 is 5.97 Å². The first-order valence-electron chi connectivity index (χ1n) is 7.78. The second kappa shape index (κ2) is 7.29. The van der Waals surface area contributed by atoms with Crippen LogP contribution in [0.5, 0.6) is 5.75 Å². The Morgan fingerprint density at radius 3 is 2.59 bits per heavy atom. The molecule has 1 fully saturated rings. The largest absolute Gasteiger partial charge is 0.507 e. The second-order valence-corrected chi connectivity index (χ2v) is 5.91. The highest BCUT2D eigenvalue weighted by Gasteiger charge is 2.23. The summed E-state index contributed by atoms with van der Waals surface area (Å²) < 4.78 is 5.15. The summed E-state index contributed by atoms with van der Waals surface area (Å²) in [6.45, 7) is 3.36. The molecule has 0 heterocycles. The molecule has 1 atom stereocenters. The number of phenols is 1. The van der Waals surface area contributed by atoms with E-state index in [1.54, 1.807) is 13.0 Å². The average Bonchev–Trinajstić information content (AvgIpc) is 2.47. The number of benzene rings is 1. The zero-order chi connectivity index (χ0) is 16.1. The summed E-state index contributed by atoms with van der Waals surface area (Å²) in [5, 5.41) is 12.7. The molecule has 1 aromatic carbocycles. The Labute approximate surface area is 130 Å². The lowest BCUT2D eigenvalue weighted by Crippen LogP contribution is -2.42. The van der Waals surface area contributed by atoms with Gasteiger partial charge in [0.25, 0.3) is 5.91 Å². The van der Waals surface area contributed by atoms with Crippen molar-refractivity contribution in [3.63, 3.8) is 0 Å². The molecule has 22 heavy (non-hydrogen) atoms. The highest BCUT2D eigenvalue weighted by molar-refractivity contribution is 5.94. The lowest BCUT2D eigenvalue weighted by Gasteiger charge is -2.24. The number of rotatable bonds is 4. The number of phenolic OH excluding ortho intramolecular Hbond substituents is 1. The first-order chi connectivity index (χ1) is 10.5. The van der Waals surface area contributed by atoms with Crippen molar-refractivity contribution in [1.29, 1.82) is 0 Å². The zero-order valence-corrected chi connectivity index (χ0v) is 13.1. The summed E-state index contributed by atoms with van der Waals surface area (Å²) in [5.41, 5.74) is 0.917. The van der Waals surface area contributed by atoms with Crippen LogP contribution in [0.15, 0.2) is 18.2 Å². The first kappa shape index (κ1) is 16.3. The number of amides is 1. The van der Waals surface area contributed by atoms with E-state index >= 15 is 0 Å². The predicted molar refractivity (Wildman–Crippen MR) is 82.7 cm³/mol. The van der Waals surface area contributed by atoms with Crippen LogP contribution in [-0.4, -0.2) is 29.1 Å². The third-order valence-corrected chi connectivity index (χ3v) is 3.98. The van der Waals surface area contributed by atoms with Crippen LogP contribution in [0.25, 0.3) is 0 Å². The molecular weight excluding hydrogens is 282 g/mol. The normalized spacial score (nSPS) is 16.8. The molecule has 2 N–H and O–H groups in total. The van der Waals surface area contributed by atoms with Crippen LogP contribution in [0.1, 0.15) is 54.9 Å². The minimum absolute atomic E-state index is 0.0721. The van der Waals surface area contributed by atoms with Crippen LogP contribution in [-0.2, 0) is 9.53 Å². The molecule has 5 heteroatoms. The Morgan fingerprint density at radius 2 is 1.95 bits per heavy atom. The minimum Gasteiger partial charge on any atom is -0.507 e. The number of ether oxygens (including phenoxy) is 1. The first-order valence-corrected chi connectivity index (χ1v) is 7.78. The van der Waals surface area contributed by atoms with Gasteiger partial charge in [-0.15, -0.1) is 0 Å². The fourth-order valence-electron chi connectivity index (χ4n) is 2.66. The van der Waals surface area contributed by atoms with Crippen molar-refractivity contribution in [2.45, 2.75) is 58.1 Å². The molecule has 1 saturated carbocycles. The van der Waals surface area contributed by atoms with E-state index in [-0.39, 0.29) is 23.3 Å². The zero-order valence-electron chi connectivity index (χ0n) is 13.1. The van der Waals surface area contributed by atoms with Crippen molar-refractivity contribution < 1.29 is 19.4 Å². The van der Waals surface area contributed by atoms with E-state index in [9.17, 15) is 14.7 Å². The molecule has 0 aliphatic heterocycles. The summed E-state index contributed by atoms with van der Waals surface area (Å²) >= 11 is 0. The van der Waals surface area contributed by atoms with Crippen molar-refractivity contribution in [3.8, 4) is 5.75 Å². The molecule has 0 spiro atoms. The van der Waals surface area contributed by atoms with Gasteiger partial charge in [0.05, 0.1) is 0 Å². The smallest absolute Gasteiger partial charge is 0.342 e. The highest BCUT2D eigenvalue weighted by atomic mass is 16.5. The molecule has 120 valence electrons. The van der Waals surface area contributed by atoms with Crippen LogP contribution in [0.4, 0.5) is 0 Å². The Kier molecular flexibility index (Phi) is 5.41. The molecule has 0 aromatic heterocycles. The maximum absolute atomic E-state index is 12.1. The van der Waals surface area contributed by atoms with Gasteiger partial charge in [0.2, 0.25) is 0 Å². The average molecular weight is 305 g/mol. The van der Waals surface area contributed by atoms with Gasteiger partial charge in [-0.3, -0.25) is 4.79 Å². The number of esters is 1. The lowest BCUT2D eigenvalue weighted by atomic mass is 9.95. The molecular formula is C17H23NO4. The number of hydrogen-bond acceptors (Lipinski definition) is 4. The standard InChI is InChI=1S/C17H23NO4/c1-11-8-9-14(15(19)10-11)17(21)22-12(2)16(20)18-13-6-4-3-5-7-13/h8-10,12-13,19H,3-7H2,1-2H3,(H,18,20)/t12-/m1/s1. The van der Waals surface area contributed by atoms with Crippen LogP contribution in [0.2, 0.25) is 0 Å². The van der Waals surface area contributed by atoms with Gasteiger partial charge in [0, 0.05) is 6.04 Å². The number of carbonyl (C=O) groups excluding carboxylic acids is 2. The highest BCUT2D eigenvalue weighted by Crippen LogP contribution is 2.20. The number of aryl methyl sites for hydroxylation is 1. The predicted octanol–water partition coefficient (Wildman–Crippen LogP) is 2.69. The maximum atomic E-state index is 12.1. The van der Waals surface area contributed by atoms with E-state index in [4.69, 9.17) is 4.74 Å². The summed E-state index contributed by atoms with van der Waals surface area (Å²) in [6, 6.07) is 4.88. The molecule has 1 aliphatic carbocycles. The van der Waals surface area contributed by atoms with E-state index in [1.807, 2.05) is 6.92 Å². The molecule has 1 amide bonds. The molecule has 5 nitrogen and oxygen atoms in total. The Morgan fingerprint density at radius 1 is 1.27 bits per heavy atom. The number of carbonyl (C=O) groups is 2. The van der Waals surface area contributed by atoms with Gasteiger partial charge in [-0.2, -0.15) is 0 Å². The van der Waals surface area contributed by atoms with Crippen LogP contribution < -0.4 is 5.32 Å². The van der Waals surface area contributed by atoms with Crippen molar-refractivity contribution in [1.82, 2.24) is 5.32 Å². The SMILES string of the molecule is Cc1ccc(C(=O)O[C@H](C)C(=O)NC2CCCCC2)c(O)c1. The summed E-state index contributed by atoms with van der Waals surface area (Å²) in [7, 11) is 0. The van der Waals surface area contributed by atoms with Crippen molar-refractivity contribution >= 4 is 11.9 Å². The van der Waals surface area contributed by atoms with Crippen molar-refractivity contribution in [2.75, 3.05) is 0 Å². The number of hydrogen-bond donors (Lipinski definition) is 2. The molecule has 0 saturated heterocycles. The lowest BCUT2D eigenvalue weighted by molar-refractivity contribution is -0.130. The van der Waals surface area contributed by atoms with Gasteiger partial charge in [0.1, 0.15) is 11.3 Å². The third kappa shape index (κ3) is 4.23.